The van der Waals surface area contributed by atoms with Crippen LogP contribution in [-0.2, 0) is 0 Å². The van der Waals surface area contributed by atoms with E-state index >= 15 is 0 Å². The highest BCUT2D eigenvalue weighted by Crippen LogP contribution is 2.24. The lowest BCUT2D eigenvalue weighted by molar-refractivity contribution is 0.709. The largest absolute Gasteiger partial charge is 0.322 e. The van der Waals surface area contributed by atoms with Gasteiger partial charge in [0.25, 0.3) is 0 Å². The maximum Gasteiger partial charge on any atom is 0.0716 e. The van der Waals surface area contributed by atoms with E-state index in [4.69, 9.17) is 5.73 Å². The van der Waals surface area contributed by atoms with Crippen LogP contribution in [0.25, 0.3) is 0 Å². The molecule has 0 aromatic carbocycles. The van der Waals surface area contributed by atoms with Crippen molar-refractivity contribution >= 4 is 31.9 Å². The number of nitrogens with zero attached hydrogens (tertiary/aromatic N) is 1. The molecule has 1 atom stereocenters. The summed E-state index contributed by atoms with van der Waals surface area (Å²) >= 11 is 6.74. The smallest absolute Gasteiger partial charge is 0.0716 e. The van der Waals surface area contributed by atoms with Crippen LogP contribution in [0.3, 0.4) is 0 Å². The molecule has 70 valence electrons. The molecule has 4 heteroatoms. The van der Waals surface area contributed by atoms with E-state index in [0.717, 1.165) is 21.1 Å². The van der Waals surface area contributed by atoms with Crippen LogP contribution in [0.15, 0.2) is 33.9 Å². The fourth-order valence-electron chi connectivity index (χ4n) is 0.989. The van der Waals surface area contributed by atoms with Gasteiger partial charge in [-0.05, 0) is 44.3 Å². The van der Waals surface area contributed by atoms with Gasteiger partial charge in [-0.3, -0.25) is 4.98 Å². The molecule has 1 aromatic rings. The zero-order valence-corrected chi connectivity index (χ0v) is 10.2. The van der Waals surface area contributed by atoms with E-state index in [1.165, 1.54) is 0 Å². The van der Waals surface area contributed by atoms with E-state index < -0.39 is 0 Å². The first-order valence-corrected chi connectivity index (χ1v) is 5.41. The molecule has 0 bridgehead atoms. The van der Waals surface area contributed by atoms with Gasteiger partial charge in [-0.25, -0.2) is 0 Å². The summed E-state index contributed by atoms with van der Waals surface area (Å²) in [5.74, 6) is 0. The van der Waals surface area contributed by atoms with E-state index in [0.29, 0.717) is 0 Å². The highest BCUT2D eigenvalue weighted by molar-refractivity contribution is 9.11. The van der Waals surface area contributed by atoms with Gasteiger partial charge in [0, 0.05) is 15.1 Å². The lowest BCUT2D eigenvalue weighted by atomic mass is 10.1. The molecule has 0 radical (unpaired) electrons. The normalized spacial score (nSPS) is 12.5. The standard InChI is InChI=1S/C9H10Br2N2/c1-2-3-8(12)9-7(11)4-6(10)5-13-9/h2,4-5,8H,1,3,12H2. The van der Waals surface area contributed by atoms with Crippen LogP contribution in [-0.4, -0.2) is 4.98 Å². The zero-order valence-electron chi connectivity index (χ0n) is 7.00. The third-order valence-corrected chi connectivity index (χ3v) is 2.68. The lowest BCUT2D eigenvalue weighted by Gasteiger charge is -2.10. The molecule has 0 saturated carbocycles. The summed E-state index contributed by atoms with van der Waals surface area (Å²) in [5.41, 5.74) is 6.74. The maximum absolute atomic E-state index is 5.88. The molecule has 0 amide bonds. The molecule has 0 fully saturated rings. The fourth-order valence-corrected chi connectivity index (χ4v) is 2.27. The SMILES string of the molecule is C=CCC(N)c1ncc(Br)cc1Br. The third kappa shape index (κ3) is 2.90. The van der Waals surface area contributed by atoms with Crippen LogP contribution >= 0.6 is 31.9 Å². The Morgan fingerprint density at radius 2 is 2.31 bits per heavy atom. The topological polar surface area (TPSA) is 38.9 Å². The minimum Gasteiger partial charge on any atom is -0.322 e. The second-order valence-corrected chi connectivity index (χ2v) is 4.42. The Morgan fingerprint density at radius 1 is 1.62 bits per heavy atom. The molecular formula is C9H10Br2N2. The summed E-state index contributed by atoms with van der Waals surface area (Å²) in [6, 6.07) is 1.85. The molecule has 0 aliphatic carbocycles. The molecule has 0 aliphatic heterocycles. The van der Waals surface area contributed by atoms with Crippen LogP contribution in [0.4, 0.5) is 0 Å². The first kappa shape index (κ1) is 10.9. The van der Waals surface area contributed by atoms with E-state index in [2.05, 4.69) is 43.4 Å². The average Bonchev–Trinajstić information content (AvgIpc) is 2.04. The minimum atomic E-state index is -0.0834. The fraction of sp³-hybridized carbons (Fsp3) is 0.222. The van der Waals surface area contributed by atoms with Crippen LogP contribution < -0.4 is 5.73 Å². The highest BCUT2D eigenvalue weighted by Gasteiger charge is 2.09. The van der Waals surface area contributed by atoms with Crippen molar-refractivity contribution in [3.63, 3.8) is 0 Å². The van der Waals surface area contributed by atoms with Crippen LogP contribution in [0, 0.1) is 0 Å². The van der Waals surface area contributed by atoms with Crippen molar-refractivity contribution < 1.29 is 0 Å². The van der Waals surface area contributed by atoms with E-state index in [1.807, 2.05) is 6.07 Å². The number of nitrogens with two attached hydrogens (primary N) is 1. The van der Waals surface area contributed by atoms with Crippen LogP contribution in [0.5, 0.6) is 0 Å². The molecule has 0 spiro atoms. The molecule has 2 nitrogen and oxygen atoms in total. The Balaban J connectivity index is 2.94. The average molecular weight is 306 g/mol. The van der Waals surface area contributed by atoms with E-state index in [9.17, 15) is 0 Å². The van der Waals surface area contributed by atoms with Crippen molar-refractivity contribution in [3.05, 3.63) is 39.6 Å². The van der Waals surface area contributed by atoms with Crippen molar-refractivity contribution in [2.75, 3.05) is 0 Å². The van der Waals surface area contributed by atoms with Gasteiger partial charge in [0.2, 0.25) is 0 Å². The molecule has 1 rings (SSSR count). The Hall–Kier alpha value is -0.190. The number of rotatable bonds is 3. The van der Waals surface area contributed by atoms with Gasteiger partial charge < -0.3 is 5.73 Å². The number of hydrogen-bond acceptors (Lipinski definition) is 2. The molecular weight excluding hydrogens is 296 g/mol. The summed E-state index contributed by atoms with van der Waals surface area (Å²) in [6.45, 7) is 3.64. The monoisotopic (exact) mass is 304 g/mol. The summed E-state index contributed by atoms with van der Waals surface area (Å²) in [5, 5.41) is 0. The van der Waals surface area contributed by atoms with Crippen LogP contribution in [0.1, 0.15) is 18.2 Å². The lowest BCUT2D eigenvalue weighted by Crippen LogP contribution is -2.11. The van der Waals surface area contributed by atoms with Crippen LogP contribution in [0.2, 0.25) is 0 Å². The van der Waals surface area contributed by atoms with Crippen molar-refractivity contribution in [2.24, 2.45) is 5.73 Å². The van der Waals surface area contributed by atoms with E-state index in [-0.39, 0.29) is 6.04 Å². The minimum absolute atomic E-state index is 0.0834. The number of halogens is 2. The second kappa shape index (κ2) is 4.88. The molecule has 1 heterocycles. The summed E-state index contributed by atoms with van der Waals surface area (Å²) in [7, 11) is 0. The number of pyridine rings is 1. The Kier molecular flexibility index (Phi) is 4.09. The van der Waals surface area contributed by atoms with E-state index in [1.54, 1.807) is 12.3 Å². The predicted octanol–water partition coefficient (Wildman–Crippen LogP) is 3.18. The van der Waals surface area contributed by atoms with Gasteiger partial charge in [-0.2, -0.15) is 0 Å². The van der Waals surface area contributed by atoms with Gasteiger partial charge in [0.15, 0.2) is 0 Å². The molecule has 13 heavy (non-hydrogen) atoms. The first-order chi connectivity index (χ1) is 6.15. The van der Waals surface area contributed by atoms with Crippen molar-refractivity contribution in [2.45, 2.75) is 12.5 Å². The van der Waals surface area contributed by atoms with Crippen molar-refractivity contribution in [1.29, 1.82) is 0 Å². The quantitative estimate of drug-likeness (QED) is 0.871. The first-order valence-electron chi connectivity index (χ1n) is 3.82. The molecule has 1 aromatic heterocycles. The van der Waals surface area contributed by atoms with Crippen molar-refractivity contribution in [3.8, 4) is 0 Å². The predicted molar refractivity (Wildman–Crippen MR) is 61.4 cm³/mol. The molecule has 2 N–H and O–H groups in total. The Morgan fingerprint density at radius 3 is 2.85 bits per heavy atom. The van der Waals surface area contributed by atoms with Gasteiger partial charge >= 0.3 is 0 Å². The highest BCUT2D eigenvalue weighted by atomic mass is 79.9. The number of aromatic nitrogens is 1. The molecule has 0 saturated heterocycles. The Bertz CT molecular complexity index is 312. The summed E-state index contributed by atoms with van der Waals surface area (Å²) in [4.78, 5) is 4.23. The number of hydrogen-bond donors (Lipinski definition) is 1. The third-order valence-electron chi connectivity index (χ3n) is 1.61. The van der Waals surface area contributed by atoms with Crippen molar-refractivity contribution in [1.82, 2.24) is 4.98 Å². The maximum atomic E-state index is 5.88. The molecule has 0 aliphatic rings. The van der Waals surface area contributed by atoms with Gasteiger partial charge in [-0.15, -0.1) is 6.58 Å². The van der Waals surface area contributed by atoms with Gasteiger partial charge in [0.05, 0.1) is 11.7 Å². The zero-order chi connectivity index (χ0) is 9.84. The molecule has 1 unspecified atom stereocenters. The van der Waals surface area contributed by atoms with Gasteiger partial charge in [-0.1, -0.05) is 6.08 Å². The summed E-state index contributed by atoms with van der Waals surface area (Å²) in [6.07, 6.45) is 4.26. The Labute approximate surface area is 94.5 Å². The van der Waals surface area contributed by atoms with Gasteiger partial charge in [0.1, 0.15) is 0 Å². The summed E-state index contributed by atoms with van der Waals surface area (Å²) < 4.78 is 1.87. The second-order valence-electron chi connectivity index (χ2n) is 2.65.